The van der Waals surface area contributed by atoms with Crippen LogP contribution in [0.4, 0.5) is 0 Å². The second kappa shape index (κ2) is 8.69. The molecule has 1 saturated heterocycles. The maximum absolute atomic E-state index is 12.7. The first-order chi connectivity index (χ1) is 13.3. The van der Waals surface area contributed by atoms with Crippen LogP contribution in [0.15, 0.2) is 53.4 Å². The summed E-state index contributed by atoms with van der Waals surface area (Å²) in [6.45, 7) is 2.68. The number of piperazine rings is 1. The SMILES string of the molecule is CC(Oc1cccc(Cl)c1Cl)C(=O)N1CCN(S(=O)(=O)c2ccccc2)CC1. The van der Waals surface area contributed by atoms with E-state index in [2.05, 4.69) is 0 Å². The highest BCUT2D eigenvalue weighted by Gasteiger charge is 2.32. The zero-order valence-electron chi connectivity index (χ0n) is 15.2. The van der Waals surface area contributed by atoms with Crippen LogP contribution in [0, 0.1) is 0 Å². The Kier molecular flexibility index (Phi) is 6.50. The molecule has 9 heteroatoms. The normalized spacial score (nSPS) is 16.6. The molecular weight excluding hydrogens is 423 g/mol. The molecule has 1 aliphatic heterocycles. The van der Waals surface area contributed by atoms with Crippen LogP contribution in [-0.4, -0.2) is 55.8 Å². The van der Waals surface area contributed by atoms with Crippen LogP contribution in [0.1, 0.15) is 6.92 Å². The molecule has 1 atom stereocenters. The fourth-order valence-electron chi connectivity index (χ4n) is 2.96. The lowest BCUT2D eigenvalue weighted by atomic mass is 10.2. The van der Waals surface area contributed by atoms with Crippen molar-refractivity contribution in [3.8, 4) is 5.75 Å². The molecule has 1 fully saturated rings. The first kappa shape index (κ1) is 20.9. The number of rotatable bonds is 5. The number of hydrogen-bond acceptors (Lipinski definition) is 4. The largest absolute Gasteiger partial charge is 0.479 e. The molecule has 0 bridgehead atoms. The molecule has 2 aromatic carbocycles. The summed E-state index contributed by atoms with van der Waals surface area (Å²) in [5.41, 5.74) is 0. The van der Waals surface area contributed by atoms with Gasteiger partial charge in [0.05, 0.1) is 9.92 Å². The lowest BCUT2D eigenvalue weighted by molar-refractivity contribution is -0.139. The average Bonchev–Trinajstić information content (AvgIpc) is 2.71. The molecule has 2 aromatic rings. The Hall–Kier alpha value is -1.80. The summed E-state index contributed by atoms with van der Waals surface area (Å²) >= 11 is 12.1. The monoisotopic (exact) mass is 442 g/mol. The van der Waals surface area contributed by atoms with E-state index in [4.69, 9.17) is 27.9 Å². The van der Waals surface area contributed by atoms with Gasteiger partial charge in [0.2, 0.25) is 10.0 Å². The van der Waals surface area contributed by atoms with Gasteiger partial charge in [-0.1, -0.05) is 47.5 Å². The number of nitrogens with zero attached hydrogens (tertiary/aromatic N) is 2. The third kappa shape index (κ3) is 4.43. The van der Waals surface area contributed by atoms with E-state index < -0.39 is 16.1 Å². The van der Waals surface area contributed by atoms with Crippen LogP contribution in [-0.2, 0) is 14.8 Å². The maximum Gasteiger partial charge on any atom is 0.263 e. The van der Waals surface area contributed by atoms with Crippen molar-refractivity contribution in [3.63, 3.8) is 0 Å². The number of ether oxygens (including phenoxy) is 1. The minimum absolute atomic E-state index is 0.229. The molecule has 3 rings (SSSR count). The Morgan fingerprint density at radius 3 is 2.29 bits per heavy atom. The molecule has 150 valence electrons. The fraction of sp³-hybridized carbons (Fsp3) is 0.316. The summed E-state index contributed by atoms with van der Waals surface area (Å²) in [6, 6.07) is 13.2. The van der Waals surface area contributed by atoms with Crippen LogP contribution >= 0.6 is 23.2 Å². The van der Waals surface area contributed by atoms with Gasteiger partial charge >= 0.3 is 0 Å². The molecule has 1 unspecified atom stereocenters. The van der Waals surface area contributed by atoms with Gasteiger partial charge in [0.25, 0.3) is 5.91 Å². The van der Waals surface area contributed by atoms with Crippen LogP contribution in [0.2, 0.25) is 10.0 Å². The fourth-order valence-corrected chi connectivity index (χ4v) is 4.74. The molecule has 28 heavy (non-hydrogen) atoms. The van der Waals surface area contributed by atoms with Gasteiger partial charge in [0, 0.05) is 26.2 Å². The molecule has 0 aliphatic carbocycles. The van der Waals surface area contributed by atoms with Crippen LogP contribution in [0.5, 0.6) is 5.75 Å². The lowest BCUT2D eigenvalue weighted by Crippen LogP contribution is -2.53. The van der Waals surface area contributed by atoms with Gasteiger partial charge in [-0.25, -0.2) is 8.42 Å². The molecule has 0 radical (unpaired) electrons. The van der Waals surface area contributed by atoms with Crippen molar-refractivity contribution in [1.82, 2.24) is 9.21 Å². The summed E-state index contributed by atoms with van der Waals surface area (Å²) in [4.78, 5) is 14.5. The molecule has 1 aliphatic rings. The van der Waals surface area contributed by atoms with E-state index in [0.717, 1.165) is 0 Å². The van der Waals surface area contributed by atoms with Crippen LogP contribution < -0.4 is 4.74 Å². The minimum atomic E-state index is -3.56. The van der Waals surface area contributed by atoms with Crippen molar-refractivity contribution in [1.29, 1.82) is 0 Å². The van der Waals surface area contributed by atoms with Crippen molar-refractivity contribution >= 4 is 39.1 Å². The van der Waals surface area contributed by atoms with Crippen molar-refractivity contribution in [2.24, 2.45) is 0 Å². The summed E-state index contributed by atoms with van der Waals surface area (Å²) in [5.74, 6) is 0.105. The quantitative estimate of drug-likeness (QED) is 0.712. The maximum atomic E-state index is 12.7. The van der Waals surface area contributed by atoms with Gasteiger partial charge in [-0.15, -0.1) is 0 Å². The predicted molar refractivity (Wildman–Crippen MR) is 108 cm³/mol. The molecule has 0 N–H and O–H groups in total. The second-order valence-corrected chi connectivity index (χ2v) is 9.08. The van der Waals surface area contributed by atoms with Crippen molar-refractivity contribution in [2.75, 3.05) is 26.2 Å². The Labute approximate surface area is 174 Å². The number of amides is 1. The number of carbonyl (C=O) groups excluding carboxylic acids is 1. The van der Waals surface area contributed by atoms with Gasteiger partial charge in [-0.3, -0.25) is 4.79 Å². The van der Waals surface area contributed by atoms with Crippen molar-refractivity contribution < 1.29 is 17.9 Å². The van der Waals surface area contributed by atoms with Crippen LogP contribution in [0.25, 0.3) is 0 Å². The number of carbonyl (C=O) groups is 1. The Morgan fingerprint density at radius 1 is 1.00 bits per heavy atom. The molecule has 0 saturated carbocycles. The zero-order chi connectivity index (χ0) is 20.3. The van der Waals surface area contributed by atoms with Crippen molar-refractivity contribution in [2.45, 2.75) is 17.9 Å². The molecule has 6 nitrogen and oxygen atoms in total. The molecule has 1 heterocycles. The molecule has 0 aromatic heterocycles. The molecule has 0 spiro atoms. The number of sulfonamides is 1. The van der Waals surface area contributed by atoms with Crippen molar-refractivity contribution in [3.05, 3.63) is 58.6 Å². The number of halogens is 2. The Bertz CT molecular complexity index is 946. The van der Waals surface area contributed by atoms with E-state index in [1.807, 2.05) is 0 Å². The summed E-state index contributed by atoms with van der Waals surface area (Å²) < 4.78 is 32.4. The first-order valence-corrected chi connectivity index (χ1v) is 10.9. The summed E-state index contributed by atoms with van der Waals surface area (Å²) in [7, 11) is -3.56. The van der Waals surface area contributed by atoms with Gasteiger partial charge in [-0.2, -0.15) is 4.31 Å². The predicted octanol–water partition coefficient (Wildman–Crippen LogP) is 3.29. The van der Waals surface area contributed by atoms with Gasteiger partial charge < -0.3 is 9.64 Å². The highest BCUT2D eigenvalue weighted by molar-refractivity contribution is 7.89. The second-order valence-electron chi connectivity index (χ2n) is 6.35. The van der Waals surface area contributed by atoms with Gasteiger partial charge in [0.1, 0.15) is 10.8 Å². The lowest BCUT2D eigenvalue weighted by Gasteiger charge is -2.35. The molecular formula is C19H20Cl2N2O4S. The molecule has 1 amide bonds. The van der Waals surface area contributed by atoms with E-state index >= 15 is 0 Å². The minimum Gasteiger partial charge on any atom is -0.479 e. The highest BCUT2D eigenvalue weighted by Crippen LogP contribution is 2.32. The highest BCUT2D eigenvalue weighted by atomic mass is 35.5. The number of benzene rings is 2. The zero-order valence-corrected chi connectivity index (χ0v) is 17.5. The Morgan fingerprint density at radius 2 is 1.64 bits per heavy atom. The van der Waals surface area contributed by atoms with E-state index in [1.54, 1.807) is 60.4 Å². The van der Waals surface area contributed by atoms with E-state index in [-0.39, 0.29) is 28.9 Å². The third-order valence-electron chi connectivity index (χ3n) is 4.50. The average molecular weight is 443 g/mol. The Balaban J connectivity index is 1.61. The third-order valence-corrected chi connectivity index (χ3v) is 7.21. The van der Waals surface area contributed by atoms with E-state index in [1.165, 1.54) is 4.31 Å². The van der Waals surface area contributed by atoms with Gasteiger partial charge in [-0.05, 0) is 31.2 Å². The summed E-state index contributed by atoms with van der Waals surface area (Å²) in [6.07, 6.45) is -0.770. The standard InChI is InChI=1S/C19H20Cl2N2O4S/c1-14(27-17-9-5-8-16(20)18(17)21)19(24)22-10-12-23(13-11-22)28(25,26)15-6-3-2-4-7-15/h2-9,14H,10-13H2,1H3. The first-order valence-electron chi connectivity index (χ1n) is 8.75. The number of hydrogen-bond donors (Lipinski definition) is 0. The van der Waals surface area contributed by atoms with E-state index in [9.17, 15) is 13.2 Å². The van der Waals surface area contributed by atoms with Gasteiger partial charge in [0.15, 0.2) is 6.10 Å². The summed E-state index contributed by atoms with van der Waals surface area (Å²) in [5, 5.41) is 0.598. The smallest absolute Gasteiger partial charge is 0.263 e. The van der Waals surface area contributed by atoms with E-state index in [0.29, 0.717) is 23.9 Å². The topological polar surface area (TPSA) is 66.9 Å². The van der Waals surface area contributed by atoms with Crippen LogP contribution in [0.3, 0.4) is 0 Å².